The molecule has 5 nitrogen and oxygen atoms in total. The lowest BCUT2D eigenvalue weighted by Gasteiger charge is -2.20. The second-order valence-corrected chi connectivity index (χ2v) is 7.83. The van der Waals surface area contributed by atoms with Gasteiger partial charge in [0.05, 0.1) is 6.26 Å². The summed E-state index contributed by atoms with van der Waals surface area (Å²) >= 11 is 0. The number of hydrogen-bond donors (Lipinski definition) is 1. The van der Waals surface area contributed by atoms with Crippen LogP contribution in [0.1, 0.15) is 21.5 Å². The highest BCUT2D eigenvalue weighted by Gasteiger charge is 2.17. The van der Waals surface area contributed by atoms with E-state index in [0.717, 1.165) is 23.4 Å². The molecule has 1 N–H and O–H groups in total. The van der Waals surface area contributed by atoms with Gasteiger partial charge in [-0.25, -0.2) is 12.8 Å². The van der Waals surface area contributed by atoms with E-state index in [1.807, 2.05) is 31.2 Å². The van der Waals surface area contributed by atoms with Crippen LogP contribution < -0.4 is 5.32 Å². The first-order valence-electron chi connectivity index (χ1n) is 7.80. The standard InChI is InChI=1S/C18H21FN2O3S/c1-14-5-3-6-15(11-14)13-21(25(2,23)24)10-9-20-18(22)16-7-4-8-17(19)12-16/h3-8,11-12H,9-10,13H2,1-2H3,(H,20,22). The van der Waals surface area contributed by atoms with Crippen LogP contribution in [0.4, 0.5) is 4.39 Å². The number of benzene rings is 2. The summed E-state index contributed by atoms with van der Waals surface area (Å²) in [5.74, 6) is -0.937. The number of aryl methyl sites for hydroxylation is 1. The highest BCUT2D eigenvalue weighted by molar-refractivity contribution is 7.88. The van der Waals surface area contributed by atoms with Gasteiger partial charge >= 0.3 is 0 Å². The van der Waals surface area contributed by atoms with E-state index in [1.54, 1.807) is 0 Å². The van der Waals surface area contributed by atoms with Crippen LogP contribution in [0.15, 0.2) is 48.5 Å². The molecule has 7 heteroatoms. The molecule has 1 amide bonds. The molecule has 0 aliphatic heterocycles. The first-order chi connectivity index (χ1) is 11.8. The first kappa shape index (κ1) is 19.1. The Morgan fingerprint density at radius 2 is 1.88 bits per heavy atom. The molecular weight excluding hydrogens is 343 g/mol. The van der Waals surface area contributed by atoms with Crippen molar-refractivity contribution in [1.82, 2.24) is 9.62 Å². The predicted octanol–water partition coefficient (Wildman–Crippen LogP) is 2.33. The summed E-state index contributed by atoms with van der Waals surface area (Å²) in [6.07, 6.45) is 1.14. The topological polar surface area (TPSA) is 66.5 Å². The lowest BCUT2D eigenvalue weighted by molar-refractivity contribution is 0.0951. The minimum atomic E-state index is -3.42. The highest BCUT2D eigenvalue weighted by Crippen LogP contribution is 2.10. The zero-order chi connectivity index (χ0) is 18.4. The molecule has 0 atom stereocenters. The third-order valence-corrected chi connectivity index (χ3v) is 4.89. The summed E-state index contributed by atoms with van der Waals surface area (Å²) in [6.45, 7) is 2.44. The summed E-state index contributed by atoms with van der Waals surface area (Å²) in [5.41, 5.74) is 2.12. The number of rotatable bonds is 7. The van der Waals surface area contributed by atoms with Crippen LogP contribution in [-0.4, -0.2) is 38.0 Å². The average Bonchev–Trinajstić information content (AvgIpc) is 2.53. The fourth-order valence-electron chi connectivity index (χ4n) is 2.40. The third kappa shape index (κ3) is 5.95. The summed E-state index contributed by atoms with van der Waals surface area (Å²) in [7, 11) is -3.42. The molecule has 0 saturated heterocycles. The molecule has 0 aliphatic rings. The van der Waals surface area contributed by atoms with E-state index >= 15 is 0 Å². The monoisotopic (exact) mass is 364 g/mol. The highest BCUT2D eigenvalue weighted by atomic mass is 32.2. The number of hydrogen-bond acceptors (Lipinski definition) is 3. The van der Waals surface area contributed by atoms with E-state index in [2.05, 4.69) is 5.32 Å². The van der Waals surface area contributed by atoms with Crippen LogP contribution >= 0.6 is 0 Å². The zero-order valence-corrected chi connectivity index (χ0v) is 15.0. The van der Waals surface area contributed by atoms with Gasteiger partial charge in [-0.3, -0.25) is 4.79 Å². The van der Waals surface area contributed by atoms with Gasteiger partial charge in [-0.1, -0.05) is 35.9 Å². The molecule has 134 valence electrons. The van der Waals surface area contributed by atoms with Gasteiger partial charge in [0.2, 0.25) is 10.0 Å². The Hall–Kier alpha value is -2.25. The minimum Gasteiger partial charge on any atom is -0.351 e. The number of halogens is 1. The molecule has 25 heavy (non-hydrogen) atoms. The summed E-state index contributed by atoms with van der Waals surface area (Å²) in [6, 6.07) is 12.9. The maximum atomic E-state index is 13.1. The van der Waals surface area contributed by atoms with Gasteiger partial charge in [-0.2, -0.15) is 4.31 Å². The maximum Gasteiger partial charge on any atom is 0.251 e. The number of carbonyl (C=O) groups excluding carboxylic acids is 1. The predicted molar refractivity (Wildman–Crippen MR) is 95.2 cm³/mol. The van der Waals surface area contributed by atoms with Crippen molar-refractivity contribution in [2.45, 2.75) is 13.5 Å². The second kappa shape index (κ2) is 8.22. The molecule has 0 spiro atoms. The number of amides is 1. The van der Waals surface area contributed by atoms with E-state index in [-0.39, 0.29) is 25.2 Å². The number of nitrogens with one attached hydrogen (secondary N) is 1. The molecule has 0 bridgehead atoms. The zero-order valence-electron chi connectivity index (χ0n) is 14.2. The molecule has 0 radical (unpaired) electrons. The van der Waals surface area contributed by atoms with Gasteiger partial charge < -0.3 is 5.32 Å². The van der Waals surface area contributed by atoms with E-state index in [9.17, 15) is 17.6 Å². The maximum absolute atomic E-state index is 13.1. The van der Waals surface area contributed by atoms with Crippen molar-refractivity contribution in [2.24, 2.45) is 0 Å². The molecule has 0 unspecified atom stereocenters. The molecule has 2 aromatic rings. The first-order valence-corrected chi connectivity index (χ1v) is 9.65. The Balaban J connectivity index is 1.98. The lowest BCUT2D eigenvalue weighted by Crippen LogP contribution is -2.37. The number of sulfonamides is 1. The Kier molecular flexibility index (Phi) is 6.27. The van der Waals surface area contributed by atoms with Crippen LogP contribution in [-0.2, 0) is 16.6 Å². The van der Waals surface area contributed by atoms with Gasteiger partial charge in [0.15, 0.2) is 0 Å². The Morgan fingerprint density at radius 1 is 1.16 bits per heavy atom. The van der Waals surface area contributed by atoms with Crippen molar-refractivity contribution >= 4 is 15.9 Å². The fraction of sp³-hybridized carbons (Fsp3) is 0.278. The van der Waals surface area contributed by atoms with E-state index in [4.69, 9.17) is 0 Å². The van der Waals surface area contributed by atoms with Gasteiger partial charge in [0, 0.05) is 25.2 Å². The number of nitrogens with zero attached hydrogens (tertiary/aromatic N) is 1. The quantitative estimate of drug-likeness (QED) is 0.820. The van der Waals surface area contributed by atoms with Gasteiger partial charge in [-0.05, 0) is 30.7 Å². The Bertz CT molecular complexity index is 853. The van der Waals surface area contributed by atoms with Crippen LogP contribution in [0, 0.1) is 12.7 Å². The molecule has 0 heterocycles. The summed E-state index contributed by atoms with van der Waals surface area (Å²) in [5, 5.41) is 2.61. The van der Waals surface area contributed by atoms with Crippen LogP contribution in [0.25, 0.3) is 0 Å². The molecule has 0 aromatic heterocycles. The largest absolute Gasteiger partial charge is 0.351 e. The van der Waals surface area contributed by atoms with E-state index in [1.165, 1.54) is 22.5 Å². The molecule has 0 aliphatic carbocycles. The van der Waals surface area contributed by atoms with Crippen molar-refractivity contribution in [3.63, 3.8) is 0 Å². The van der Waals surface area contributed by atoms with Crippen molar-refractivity contribution in [3.05, 3.63) is 71.0 Å². The number of carbonyl (C=O) groups is 1. The van der Waals surface area contributed by atoms with Gasteiger partial charge in [0.25, 0.3) is 5.91 Å². The van der Waals surface area contributed by atoms with Crippen molar-refractivity contribution in [1.29, 1.82) is 0 Å². The van der Waals surface area contributed by atoms with Crippen molar-refractivity contribution in [3.8, 4) is 0 Å². The summed E-state index contributed by atoms with van der Waals surface area (Å²) in [4.78, 5) is 12.0. The molecule has 2 rings (SSSR count). The third-order valence-electron chi connectivity index (χ3n) is 3.64. The second-order valence-electron chi connectivity index (χ2n) is 5.85. The molecule has 2 aromatic carbocycles. The normalized spacial score (nSPS) is 11.5. The van der Waals surface area contributed by atoms with Gasteiger partial charge in [0.1, 0.15) is 5.82 Å². The smallest absolute Gasteiger partial charge is 0.251 e. The minimum absolute atomic E-state index is 0.133. The Morgan fingerprint density at radius 3 is 2.52 bits per heavy atom. The van der Waals surface area contributed by atoms with E-state index < -0.39 is 21.7 Å². The van der Waals surface area contributed by atoms with Crippen molar-refractivity contribution < 1.29 is 17.6 Å². The van der Waals surface area contributed by atoms with E-state index in [0.29, 0.717) is 0 Å². The van der Waals surface area contributed by atoms with Crippen LogP contribution in [0.2, 0.25) is 0 Å². The SMILES string of the molecule is Cc1cccc(CN(CCNC(=O)c2cccc(F)c2)S(C)(=O)=O)c1. The van der Waals surface area contributed by atoms with Gasteiger partial charge in [-0.15, -0.1) is 0 Å². The van der Waals surface area contributed by atoms with Crippen LogP contribution in [0.3, 0.4) is 0 Å². The van der Waals surface area contributed by atoms with Crippen LogP contribution in [0.5, 0.6) is 0 Å². The van der Waals surface area contributed by atoms with Crippen molar-refractivity contribution in [2.75, 3.05) is 19.3 Å². The lowest BCUT2D eigenvalue weighted by atomic mass is 10.1. The molecule has 0 fully saturated rings. The molecular formula is C18H21FN2O3S. The average molecular weight is 364 g/mol. The Labute approximate surface area is 147 Å². The molecule has 0 saturated carbocycles. The fourth-order valence-corrected chi connectivity index (χ4v) is 3.21. The summed E-state index contributed by atoms with van der Waals surface area (Å²) < 4.78 is 38.4.